The van der Waals surface area contributed by atoms with Crippen LogP contribution in [0.3, 0.4) is 0 Å². The molecule has 0 unspecified atom stereocenters. The lowest BCUT2D eigenvalue weighted by Gasteiger charge is -2.16. The van der Waals surface area contributed by atoms with E-state index in [1.54, 1.807) is 0 Å². The van der Waals surface area contributed by atoms with Gasteiger partial charge in [0.25, 0.3) is 0 Å². The van der Waals surface area contributed by atoms with E-state index in [0.29, 0.717) is 57.7 Å². The van der Waals surface area contributed by atoms with Gasteiger partial charge in [-0.25, -0.2) is 0 Å². The van der Waals surface area contributed by atoms with Crippen LogP contribution in [0.2, 0.25) is 0 Å². The Labute approximate surface area is 611 Å². The highest BCUT2D eigenvalue weighted by molar-refractivity contribution is 9.11. The second kappa shape index (κ2) is 50.0. The summed E-state index contributed by atoms with van der Waals surface area (Å²) in [5.41, 5.74) is 5.17. The van der Waals surface area contributed by atoms with Crippen molar-refractivity contribution in [3.8, 4) is 51.4 Å². The first kappa shape index (κ1) is 79.9. The van der Waals surface area contributed by atoms with Gasteiger partial charge in [0.05, 0.1) is 26.4 Å². The van der Waals surface area contributed by atoms with Crippen molar-refractivity contribution in [2.24, 2.45) is 0 Å². The van der Waals surface area contributed by atoms with E-state index in [2.05, 4.69) is 175 Å². The first-order chi connectivity index (χ1) is 48.3. The van der Waals surface area contributed by atoms with Gasteiger partial charge >= 0.3 is 0 Å². The fourth-order valence-corrected chi connectivity index (χ4v) is 14.6. The zero-order valence-corrected chi connectivity index (χ0v) is 64.6. The lowest BCUT2D eigenvalue weighted by molar-refractivity contribution is 0.273. The first-order valence-corrected chi connectivity index (χ1v) is 41.1. The number of hydrogen-bond acceptors (Lipinski definition) is 7. The second-order valence-electron chi connectivity index (χ2n) is 27.9. The van der Waals surface area contributed by atoms with Crippen LogP contribution >= 0.6 is 31.9 Å². The molecule has 98 heavy (non-hydrogen) atoms. The Morgan fingerprint density at radius 3 is 0.765 bits per heavy atom. The summed E-state index contributed by atoms with van der Waals surface area (Å²) in [4.78, 5) is 0. The van der Waals surface area contributed by atoms with Gasteiger partial charge in [-0.05, 0) is 162 Å². The highest BCUT2D eigenvalue weighted by Crippen LogP contribution is 2.41. The first-order valence-electron chi connectivity index (χ1n) is 39.5. The molecule has 0 atom stereocenters. The summed E-state index contributed by atoms with van der Waals surface area (Å²) in [5.74, 6) is 5.47. The van der Waals surface area contributed by atoms with Gasteiger partial charge in [0.2, 0.25) is 0 Å². The fraction of sp³-hybridized carbons (Fsp3) is 0.573. The van der Waals surface area contributed by atoms with Gasteiger partial charge in [0.15, 0.2) is 0 Å². The summed E-state index contributed by atoms with van der Waals surface area (Å²) in [6.45, 7) is 12.9. The molecule has 7 rings (SSSR count). The molecule has 7 aromatic rings. The van der Waals surface area contributed by atoms with Gasteiger partial charge in [0.1, 0.15) is 60.1 Å². The normalized spacial score (nSPS) is 11.4. The molecule has 9 heteroatoms. The number of ether oxygens (including phenoxy) is 7. The molecule has 0 N–H and O–H groups in total. The Morgan fingerprint density at radius 1 is 0.214 bits per heavy atom. The van der Waals surface area contributed by atoms with E-state index < -0.39 is 0 Å². The average Bonchev–Trinajstić information content (AvgIpc) is 0.763. The topological polar surface area (TPSA) is 64.6 Å². The molecular weight excluding hydrogens is 1340 g/mol. The number of unbranched alkanes of at least 4 members (excludes halogenated alkanes) is 36. The van der Waals surface area contributed by atoms with E-state index in [1.807, 2.05) is 6.07 Å². The maximum Gasteiger partial charge on any atom is 0.123 e. The van der Waals surface area contributed by atoms with Crippen molar-refractivity contribution < 1.29 is 33.2 Å². The van der Waals surface area contributed by atoms with E-state index in [-0.39, 0.29) is 0 Å². The Balaban J connectivity index is 1.05. The molecule has 0 spiro atoms. The molecule has 0 aliphatic rings. The van der Waals surface area contributed by atoms with Gasteiger partial charge in [-0.1, -0.05) is 307 Å². The van der Waals surface area contributed by atoms with Crippen LogP contribution in [0.5, 0.6) is 40.2 Å². The van der Waals surface area contributed by atoms with Gasteiger partial charge in [-0.3, -0.25) is 0 Å². The average molecular weight is 1470 g/mol. The molecule has 0 saturated carbocycles. The standard InChI is InChI=1S/C89H126Br2O7/c1-5-9-13-17-21-25-29-33-37-43-55-92-78-59-72(60-79(66-78)93-56-44-38-34-30-26-22-18-14-10-6-2)70-97-82-63-74(69-96-77-52-49-75(50-53-77)76-51-54-86-87(65-76)89(91)85-48-42-41-47-84(85)88(86)90)64-83(68-82)98-71-73-61-80(94-57-45-39-35-31-27-23-19-15-11-7-3)67-81(62-73)95-58-46-40-36-32-28-24-20-16-12-8-4/h41-42,47-54,59-68H,5-40,43-46,55-58,69-71H2,1-4H3. The van der Waals surface area contributed by atoms with Crippen LogP contribution in [-0.2, 0) is 19.8 Å². The highest BCUT2D eigenvalue weighted by atomic mass is 79.9. The Kier molecular flexibility index (Phi) is 40.8. The van der Waals surface area contributed by atoms with Crippen LogP contribution in [0, 0.1) is 0 Å². The monoisotopic (exact) mass is 1460 g/mol. The van der Waals surface area contributed by atoms with Gasteiger partial charge in [-0.15, -0.1) is 0 Å². The predicted octanol–water partition coefficient (Wildman–Crippen LogP) is 29.1. The number of halogens is 2. The van der Waals surface area contributed by atoms with Crippen molar-refractivity contribution in [2.75, 3.05) is 26.4 Å². The zero-order chi connectivity index (χ0) is 68.7. The molecule has 0 amide bonds. The molecule has 0 aliphatic heterocycles. The molecule has 7 nitrogen and oxygen atoms in total. The Morgan fingerprint density at radius 2 is 0.459 bits per heavy atom. The van der Waals surface area contributed by atoms with Crippen LogP contribution in [-0.4, -0.2) is 26.4 Å². The molecular formula is C89H126Br2O7. The SMILES string of the molecule is CCCCCCCCCCCCOc1cc(COc2cc(COc3ccc(-c4ccc5c(Br)c6ccccc6c(Br)c5c4)cc3)cc(OCc3cc(OCCCCCCCCCCCC)cc(OCCCCCCCCCCCC)c3)c2)cc(OCCCCCCCCCCCC)c1. The summed E-state index contributed by atoms with van der Waals surface area (Å²) < 4.78 is 48.5. The number of fused-ring (bicyclic) bond motifs is 2. The summed E-state index contributed by atoms with van der Waals surface area (Å²) in [7, 11) is 0. The van der Waals surface area contributed by atoms with Crippen molar-refractivity contribution in [1.82, 2.24) is 0 Å². The number of benzene rings is 7. The van der Waals surface area contributed by atoms with Gasteiger partial charge in [-0.2, -0.15) is 0 Å². The quantitative estimate of drug-likeness (QED) is 0.0278. The molecule has 0 aliphatic carbocycles. The zero-order valence-electron chi connectivity index (χ0n) is 61.4. The predicted molar refractivity (Wildman–Crippen MR) is 424 cm³/mol. The smallest absolute Gasteiger partial charge is 0.123 e. The summed E-state index contributed by atoms with van der Waals surface area (Å²) in [5, 5.41) is 4.71. The van der Waals surface area contributed by atoms with Gasteiger partial charge < -0.3 is 33.2 Å². The van der Waals surface area contributed by atoms with Crippen LogP contribution in [0.1, 0.15) is 301 Å². The maximum absolute atomic E-state index is 6.80. The van der Waals surface area contributed by atoms with Crippen LogP contribution in [0.25, 0.3) is 32.7 Å². The summed E-state index contributed by atoms with van der Waals surface area (Å²) in [6, 6.07) is 42.4. The van der Waals surface area contributed by atoms with Crippen LogP contribution < -0.4 is 33.2 Å². The molecule has 0 radical (unpaired) electrons. The second-order valence-corrected chi connectivity index (χ2v) is 29.5. The molecule has 538 valence electrons. The fourth-order valence-electron chi connectivity index (χ4n) is 13.3. The van der Waals surface area contributed by atoms with Crippen molar-refractivity contribution >= 4 is 53.4 Å². The van der Waals surface area contributed by atoms with Gasteiger partial charge in [0, 0.05) is 27.1 Å². The minimum absolute atomic E-state index is 0.315. The van der Waals surface area contributed by atoms with E-state index in [0.717, 1.165) is 96.6 Å². The third-order valence-corrected chi connectivity index (χ3v) is 20.9. The summed E-state index contributed by atoms with van der Waals surface area (Å²) in [6.07, 6.45) is 51.6. The lowest BCUT2D eigenvalue weighted by Crippen LogP contribution is -2.04. The number of hydrogen-bond donors (Lipinski definition) is 0. The number of rotatable bonds is 58. The third kappa shape index (κ3) is 31.7. The molecule has 0 bridgehead atoms. The van der Waals surface area contributed by atoms with Crippen LogP contribution in [0.4, 0.5) is 0 Å². The van der Waals surface area contributed by atoms with E-state index in [4.69, 9.17) is 33.2 Å². The summed E-state index contributed by atoms with van der Waals surface area (Å²) >= 11 is 7.87. The van der Waals surface area contributed by atoms with E-state index in [9.17, 15) is 0 Å². The Bertz CT molecular complexity index is 3020. The van der Waals surface area contributed by atoms with E-state index in [1.165, 1.54) is 247 Å². The molecule has 7 aromatic carbocycles. The Hall–Kier alpha value is -5.38. The third-order valence-electron chi connectivity index (χ3n) is 19.2. The van der Waals surface area contributed by atoms with Crippen molar-refractivity contribution in [1.29, 1.82) is 0 Å². The minimum atomic E-state index is 0.315. The maximum atomic E-state index is 6.80. The van der Waals surface area contributed by atoms with E-state index >= 15 is 0 Å². The molecule has 0 fully saturated rings. The largest absolute Gasteiger partial charge is 0.493 e. The lowest BCUT2D eigenvalue weighted by atomic mass is 9.98. The van der Waals surface area contributed by atoms with Crippen molar-refractivity contribution in [3.05, 3.63) is 147 Å². The van der Waals surface area contributed by atoms with Crippen molar-refractivity contribution in [3.63, 3.8) is 0 Å². The van der Waals surface area contributed by atoms with Crippen LogP contribution in [0.15, 0.2) is 130 Å². The van der Waals surface area contributed by atoms with Crippen molar-refractivity contribution in [2.45, 2.75) is 304 Å². The molecule has 0 heterocycles. The highest BCUT2D eigenvalue weighted by Gasteiger charge is 2.15. The molecule has 0 saturated heterocycles. The molecule has 0 aromatic heterocycles. The minimum Gasteiger partial charge on any atom is -0.493 e.